The molecule has 0 unspecified atom stereocenters. The van der Waals surface area contributed by atoms with Gasteiger partial charge in [0.2, 0.25) is 0 Å². The second-order valence-corrected chi connectivity index (χ2v) is 10.9. The summed E-state index contributed by atoms with van der Waals surface area (Å²) in [5.74, 6) is 0.101. The Kier molecular flexibility index (Phi) is 6.46. The molecule has 2 bridgehead atoms. The Balaban J connectivity index is 1.22. The van der Waals surface area contributed by atoms with Gasteiger partial charge in [-0.2, -0.15) is 9.97 Å². The van der Waals surface area contributed by atoms with E-state index in [1.54, 1.807) is 18.6 Å². The van der Waals surface area contributed by atoms with E-state index in [2.05, 4.69) is 30.1 Å². The first-order valence-electron chi connectivity index (χ1n) is 13.9. The highest BCUT2D eigenvalue weighted by molar-refractivity contribution is 6.00. The van der Waals surface area contributed by atoms with Crippen molar-refractivity contribution in [3.63, 3.8) is 0 Å². The number of aliphatic hydroxyl groups is 1. The minimum absolute atomic E-state index is 0.0998. The summed E-state index contributed by atoms with van der Waals surface area (Å²) in [6.07, 6.45) is 6.52. The fourth-order valence-corrected chi connectivity index (χ4v) is 6.20. The molecule has 3 saturated heterocycles. The molecule has 6 heterocycles. The molecule has 3 aliphatic rings. The van der Waals surface area contributed by atoms with Gasteiger partial charge in [-0.15, -0.1) is 0 Å². The molecule has 2 N–H and O–H groups in total. The van der Waals surface area contributed by atoms with E-state index >= 15 is 4.39 Å². The van der Waals surface area contributed by atoms with Crippen LogP contribution in [0.3, 0.4) is 0 Å². The molecule has 4 aromatic rings. The van der Waals surface area contributed by atoms with Crippen LogP contribution in [0.1, 0.15) is 18.4 Å². The average Bonchev–Trinajstić information content (AvgIpc) is 3.51. The number of halogens is 1. The molecule has 3 aliphatic heterocycles. The third-order valence-corrected chi connectivity index (χ3v) is 8.23. The number of piperazine rings is 1. The van der Waals surface area contributed by atoms with Crippen LogP contribution in [0.15, 0.2) is 36.8 Å². The maximum Gasteiger partial charge on any atom is 0.319 e. The molecule has 0 amide bonds. The number of aromatic nitrogens is 4. The van der Waals surface area contributed by atoms with Crippen LogP contribution in [-0.2, 0) is 4.74 Å². The van der Waals surface area contributed by atoms with Crippen molar-refractivity contribution in [2.24, 2.45) is 0 Å². The molecule has 3 fully saturated rings. The number of rotatable bonds is 7. The van der Waals surface area contributed by atoms with Crippen molar-refractivity contribution in [1.82, 2.24) is 30.2 Å². The second-order valence-electron chi connectivity index (χ2n) is 10.9. The van der Waals surface area contributed by atoms with Crippen molar-refractivity contribution in [3.8, 4) is 17.3 Å². The molecular formula is C29H32FN7O3. The van der Waals surface area contributed by atoms with Crippen LogP contribution in [0.2, 0.25) is 0 Å². The molecule has 0 radical (unpaired) electrons. The maximum absolute atomic E-state index is 16.3. The van der Waals surface area contributed by atoms with E-state index in [0.717, 1.165) is 49.1 Å². The van der Waals surface area contributed by atoms with Crippen molar-refractivity contribution in [2.75, 3.05) is 57.4 Å². The zero-order chi connectivity index (χ0) is 27.3. The first kappa shape index (κ1) is 25.5. The second kappa shape index (κ2) is 10.2. The van der Waals surface area contributed by atoms with Gasteiger partial charge in [0, 0.05) is 75.2 Å². The van der Waals surface area contributed by atoms with Crippen LogP contribution in [0.25, 0.3) is 32.9 Å². The topological polar surface area (TPSA) is 109 Å². The summed E-state index contributed by atoms with van der Waals surface area (Å²) in [5.41, 5.74) is 1.15. The lowest BCUT2D eigenvalue weighted by atomic mass is 10.00. The van der Waals surface area contributed by atoms with Gasteiger partial charge in [-0.3, -0.25) is 14.9 Å². The number of benzene rings is 1. The highest BCUT2D eigenvalue weighted by Gasteiger charge is 2.50. The largest absolute Gasteiger partial charge is 0.463 e. The number of morpholine rings is 1. The van der Waals surface area contributed by atoms with Crippen molar-refractivity contribution in [3.05, 3.63) is 48.2 Å². The molecule has 2 atom stereocenters. The number of anilines is 1. The summed E-state index contributed by atoms with van der Waals surface area (Å²) in [6.45, 7) is 7.17. The smallest absolute Gasteiger partial charge is 0.319 e. The summed E-state index contributed by atoms with van der Waals surface area (Å²) >= 11 is 0. The van der Waals surface area contributed by atoms with E-state index in [4.69, 9.17) is 14.5 Å². The summed E-state index contributed by atoms with van der Waals surface area (Å²) in [4.78, 5) is 22.4. The van der Waals surface area contributed by atoms with Gasteiger partial charge in [0.05, 0.1) is 24.7 Å². The number of nitrogens with zero attached hydrogens (tertiary/aromatic N) is 6. The number of likely N-dealkylation sites (tertiary alicyclic amines) is 1. The van der Waals surface area contributed by atoms with E-state index in [0.29, 0.717) is 49.4 Å². The lowest BCUT2D eigenvalue weighted by Gasteiger charge is -2.33. The molecule has 1 aromatic carbocycles. The van der Waals surface area contributed by atoms with Gasteiger partial charge in [-0.05, 0) is 24.3 Å². The van der Waals surface area contributed by atoms with Gasteiger partial charge in [0.25, 0.3) is 0 Å². The molecule has 11 heteroatoms. The number of nitrogens with one attached hydrogen (secondary N) is 1. The minimum atomic E-state index is -0.874. The van der Waals surface area contributed by atoms with Gasteiger partial charge >= 0.3 is 6.01 Å². The van der Waals surface area contributed by atoms with Gasteiger partial charge in [0.15, 0.2) is 5.82 Å². The number of hydrogen-bond acceptors (Lipinski definition) is 10. The summed E-state index contributed by atoms with van der Waals surface area (Å²) < 4.78 is 27.9. The van der Waals surface area contributed by atoms with Crippen LogP contribution < -0.4 is 15.0 Å². The quantitative estimate of drug-likeness (QED) is 0.337. The summed E-state index contributed by atoms with van der Waals surface area (Å²) in [7, 11) is 0. The fraction of sp³-hybridized carbons (Fsp3) is 0.448. The molecule has 10 nitrogen and oxygen atoms in total. The van der Waals surface area contributed by atoms with Gasteiger partial charge in [0.1, 0.15) is 22.8 Å². The Morgan fingerprint density at radius 2 is 2.08 bits per heavy atom. The Labute approximate surface area is 231 Å². The van der Waals surface area contributed by atoms with E-state index in [1.807, 2.05) is 25.1 Å². The standard InChI is InChI=1S/C29H32FN7O3/c1-18-4-2-5-19-13-32-14-21(23(18)19)25-24(30)26-22(15-33-25)27(36-9-6-31-7-10-36)35-28(34-26)39-11-3-8-37-16-20-12-29(37,38)17-40-20/h2,4-5,13-15,20,31,38H,3,6-12,16-17H2,1H3/t20-,29+/m0/s1. The van der Waals surface area contributed by atoms with Crippen LogP contribution >= 0.6 is 0 Å². The van der Waals surface area contributed by atoms with Crippen molar-refractivity contribution in [1.29, 1.82) is 0 Å². The molecule has 3 aromatic heterocycles. The first-order chi connectivity index (χ1) is 19.5. The van der Waals surface area contributed by atoms with Crippen molar-refractivity contribution >= 4 is 27.5 Å². The maximum atomic E-state index is 16.3. The van der Waals surface area contributed by atoms with E-state index in [9.17, 15) is 5.11 Å². The highest BCUT2D eigenvalue weighted by atomic mass is 19.1. The Bertz CT molecular complexity index is 1580. The summed E-state index contributed by atoms with van der Waals surface area (Å²) in [5, 5.41) is 16.5. The monoisotopic (exact) mass is 545 g/mol. The molecule has 208 valence electrons. The molecule has 0 spiro atoms. The SMILES string of the molecule is Cc1cccc2cncc(-c3ncc4c(N5CCNCC5)nc(OCCCN5C[C@@H]6C[C@@]5(O)CO6)nc4c3F)c12. The van der Waals surface area contributed by atoms with E-state index in [-0.39, 0.29) is 23.3 Å². The van der Waals surface area contributed by atoms with Gasteiger partial charge in [-0.1, -0.05) is 18.2 Å². The highest BCUT2D eigenvalue weighted by Crippen LogP contribution is 2.37. The molecular weight excluding hydrogens is 513 g/mol. The fourth-order valence-electron chi connectivity index (χ4n) is 6.20. The Hall–Kier alpha value is -3.51. The molecule has 0 saturated carbocycles. The molecule has 0 aliphatic carbocycles. The third-order valence-electron chi connectivity index (χ3n) is 8.23. The Morgan fingerprint density at radius 1 is 1.20 bits per heavy atom. The number of aryl methyl sites for hydroxylation is 1. The van der Waals surface area contributed by atoms with Crippen LogP contribution in [0, 0.1) is 12.7 Å². The average molecular weight is 546 g/mol. The molecule has 40 heavy (non-hydrogen) atoms. The predicted molar refractivity (Wildman–Crippen MR) is 149 cm³/mol. The number of fused-ring (bicyclic) bond motifs is 4. The minimum Gasteiger partial charge on any atom is -0.463 e. The lowest BCUT2D eigenvalue weighted by Crippen LogP contribution is -2.49. The van der Waals surface area contributed by atoms with Crippen LogP contribution in [-0.4, -0.2) is 94.3 Å². The zero-order valence-electron chi connectivity index (χ0n) is 22.4. The van der Waals surface area contributed by atoms with E-state index < -0.39 is 11.5 Å². The predicted octanol–water partition coefficient (Wildman–Crippen LogP) is 2.66. The number of ether oxygens (including phenoxy) is 2. The summed E-state index contributed by atoms with van der Waals surface area (Å²) in [6, 6.07) is 6.06. The Morgan fingerprint density at radius 3 is 2.88 bits per heavy atom. The van der Waals surface area contributed by atoms with Gasteiger partial charge < -0.3 is 24.8 Å². The zero-order valence-corrected chi connectivity index (χ0v) is 22.4. The normalized spacial score (nSPS) is 23.0. The molecule has 7 rings (SSSR count). The number of hydrogen-bond donors (Lipinski definition) is 2. The van der Waals surface area contributed by atoms with Crippen molar-refractivity contribution < 1.29 is 19.0 Å². The lowest BCUT2D eigenvalue weighted by molar-refractivity contribution is -0.126. The third kappa shape index (κ3) is 4.43. The van der Waals surface area contributed by atoms with Crippen LogP contribution in [0.4, 0.5) is 10.2 Å². The van der Waals surface area contributed by atoms with Crippen LogP contribution in [0.5, 0.6) is 6.01 Å². The number of pyridine rings is 2. The van der Waals surface area contributed by atoms with E-state index in [1.165, 1.54) is 0 Å². The van der Waals surface area contributed by atoms with Gasteiger partial charge in [-0.25, -0.2) is 4.39 Å². The van der Waals surface area contributed by atoms with Crippen molar-refractivity contribution in [2.45, 2.75) is 31.6 Å². The first-order valence-corrected chi connectivity index (χ1v) is 13.9.